The Morgan fingerprint density at radius 3 is 2.60 bits per heavy atom. The van der Waals surface area contributed by atoms with E-state index in [-0.39, 0.29) is 0 Å². The quantitative estimate of drug-likeness (QED) is 0.740. The van der Waals surface area contributed by atoms with Crippen LogP contribution in [0.5, 0.6) is 0 Å². The van der Waals surface area contributed by atoms with Gasteiger partial charge in [0.25, 0.3) is 0 Å². The van der Waals surface area contributed by atoms with Crippen molar-refractivity contribution < 1.29 is 0 Å². The number of halogens is 1. The van der Waals surface area contributed by atoms with Crippen molar-refractivity contribution in [1.82, 2.24) is 9.78 Å². The first-order valence-corrected chi connectivity index (χ1v) is 7.13. The summed E-state index contributed by atoms with van der Waals surface area (Å²) in [5, 5.41) is 4.41. The monoisotopic (exact) mass is 327 g/mol. The molecule has 0 spiro atoms. The zero-order chi connectivity index (χ0) is 13.9. The van der Waals surface area contributed by atoms with Crippen LogP contribution in [0, 0.1) is 0 Å². The van der Waals surface area contributed by atoms with Gasteiger partial charge in [0.15, 0.2) is 0 Å². The Morgan fingerprint density at radius 1 is 1.05 bits per heavy atom. The van der Waals surface area contributed by atoms with Gasteiger partial charge in [-0.15, -0.1) is 0 Å². The Bertz CT molecular complexity index is 699. The Balaban J connectivity index is 1.84. The Kier molecular flexibility index (Phi) is 3.56. The Hall–Kier alpha value is -2.07. The molecule has 0 saturated heterocycles. The molecule has 0 saturated carbocycles. The van der Waals surface area contributed by atoms with E-state index < -0.39 is 0 Å². The highest BCUT2D eigenvalue weighted by Crippen LogP contribution is 2.20. The Morgan fingerprint density at radius 2 is 1.85 bits per heavy atom. The smallest absolute Gasteiger partial charge is 0.0660 e. The van der Waals surface area contributed by atoms with Crippen LogP contribution in [0.15, 0.2) is 65.4 Å². The third kappa shape index (κ3) is 2.91. The molecule has 2 aromatic carbocycles. The molecule has 0 atom stereocenters. The third-order valence-electron chi connectivity index (χ3n) is 3.06. The summed E-state index contributed by atoms with van der Waals surface area (Å²) in [6.45, 7) is 0.705. The minimum absolute atomic E-state index is 0.705. The van der Waals surface area contributed by atoms with E-state index >= 15 is 0 Å². The van der Waals surface area contributed by atoms with Gasteiger partial charge in [0, 0.05) is 21.9 Å². The summed E-state index contributed by atoms with van der Waals surface area (Å²) >= 11 is 3.46. The molecule has 0 aliphatic rings. The van der Waals surface area contributed by atoms with E-state index in [2.05, 4.69) is 39.2 Å². The van der Waals surface area contributed by atoms with Gasteiger partial charge in [-0.3, -0.25) is 4.68 Å². The van der Waals surface area contributed by atoms with E-state index in [4.69, 9.17) is 5.73 Å². The van der Waals surface area contributed by atoms with Crippen LogP contribution in [0.25, 0.3) is 11.1 Å². The number of rotatable bonds is 3. The first kappa shape index (κ1) is 12.9. The van der Waals surface area contributed by atoms with E-state index in [1.54, 1.807) is 0 Å². The summed E-state index contributed by atoms with van der Waals surface area (Å²) in [7, 11) is 0. The van der Waals surface area contributed by atoms with Gasteiger partial charge in [-0.2, -0.15) is 5.10 Å². The molecule has 0 radical (unpaired) electrons. The first-order chi connectivity index (χ1) is 9.70. The van der Waals surface area contributed by atoms with Crippen LogP contribution in [0.3, 0.4) is 0 Å². The minimum Gasteiger partial charge on any atom is -0.399 e. The number of nitrogen functional groups attached to an aromatic ring is 1. The molecule has 20 heavy (non-hydrogen) atoms. The second-order valence-corrected chi connectivity index (χ2v) is 5.60. The average Bonchev–Trinajstić information content (AvgIpc) is 2.87. The lowest BCUT2D eigenvalue weighted by atomic mass is 10.1. The van der Waals surface area contributed by atoms with Crippen molar-refractivity contribution in [2.24, 2.45) is 0 Å². The molecule has 1 aromatic heterocycles. The van der Waals surface area contributed by atoms with E-state index in [1.165, 1.54) is 5.56 Å². The highest BCUT2D eigenvalue weighted by Gasteiger charge is 2.03. The molecule has 0 fully saturated rings. The molecule has 0 bridgehead atoms. The lowest BCUT2D eigenvalue weighted by Gasteiger charge is -2.04. The molecule has 0 unspecified atom stereocenters. The van der Waals surface area contributed by atoms with E-state index in [0.29, 0.717) is 6.54 Å². The summed E-state index contributed by atoms with van der Waals surface area (Å²) in [4.78, 5) is 0. The van der Waals surface area contributed by atoms with E-state index in [0.717, 1.165) is 21.3 Å². The fourth-order valence-electron chi connectivity index (χ4n) is 2.18. The van der Waals surface area contributed by atoms with Gasteiger partial charge in [0.2, 0.25) is 0 Å². The lowest BCUT2D eigenvalue weighted by Crippen LogP contribution is -2.00. The second-order valence-electron chi connectivity index (χ2n) is 4.69. The summed E-state index contributed by atoms with van der Waals surface area (Å²) in [5.41, 5.74) is 10.0. The van der Waals surface area contributed by atoms with Crippen LogP contribution in [0.4, 0.5) is 5.69 Å². The van der Waals surface area contributed by atoms with Gasteiger partial charge in [-0.25, -0.2) is 0 Å². The van der Waals surface area contributed by atoms with Crippen LogP contribution in [0.1, 0.15) is 5.56 Å². The molecule has 3 rings (SSSR count). The molecule has 0 aliphatic heterocycles. The Labute approximate surface area is 126 Å². The summed E-state index contributed by atoms with van der Waals surface area (Å²) in [5.74, 6) is 0. The van der Waals surface area contributed by atoms with Crippen molar-refractivity contribution in [3.8, 4) is 11.1 Å². The number of aromatic nitrogens is 2. The van der Waals surface area contributed by atoms with E-state index in [1.807, 2.05) is 47.4 Å². The molecule has 4 heteroatoms. The maximum absolute atomic E-state index is 5.85. The average molecular weight is 328 g/mol. The number of hydrogen-bond acceptors (Lipinski definition) is 2. The highest BCUT2D eigenvalue weighted by atomic mass is 79.9. The number of nitrogens with zero attached hydrogens (tertiary/aromatic N) is 2. The molecule has 2 N–H and O–H groups in total. The van der Waals surface area contributed by atoms with Crippen LogP contribution >= 0.6 is 15.9 Å². The number of anilines is 1. The fraction of sp³-hybridized carbons (Fsp3) is 0.0625. The zero-order valence-corrected chi connectivity index (χ0v) is 12.4. The largest absolute Gasteiger partial charge is 0.399 e. The third-order valence-corrected chi connectivity index (χ3v) is 3.52. The van der Waals surface area contributed by atoms with Crippen LogP contribution in [-0.2, 0) is 6.54 Å². The summed E-state index contributed by atoms with van der Waals surface area (Å²) < 4.78 is 2.91. The summed E-state index contributed by atoms with van der Waals surface area (Å²) in [6.07, 6.45) is 3.93. The van der Waals surface area contributed by atoms with Gasteiger partial charge in [-0.1, -0.05) is 46.3 Å². The van der Waals surface area contributed by atoms with Gasteiger partial charge in [-0.05, 0) is 29.3 Å². The maximum atomic E-state index is 5.85. The highest BCUT2D eigenvalue weighted by molar-refractivity contribution is 9.10. The van der Waals surface area contributed by atoms with Crippen LogP contribution in [-0.4, -0.2) is 9.78 Å². The SMILES string of the molecule is Nc1cc(Br)cc(Cn2cc(-c3ccccc3)cn2)c1. The number of benzene rings is 2. The van der Waals surface area contributed by atoms with Crippen molar-refractivity contribution in [2.45, 2.75) is 6.54 Å². The fourth-order valence-corrected chi connectivity index (χ4v) is 2.74. The predicted molar refractivity (Wildman–Crippen MR) is 85.3 cm³/mol. The van der Waals surface area contributed by atoms with E-state index in [9.17, 15) is 0 Å². The predicted octanol–water partition coefficient (Wildman–Crippen LogP) is 3.94. The lowest BCUT2D eigenvalue weighted by molar-refractivity contribution is 0.687. The molecule has 0 aliphatic carbocycles. The first-order valence-electron chi connectivity index (χ1n) is 6.33. The molecule has 100 valence electrons. The van der Waals surface area contributed by atoms with Crippen molar-refractivity contribution in [3.63, 3.8) is 0 Å². The minimum atomic E-state index is 0.705. The molecular weight excluding hydrogens is 314 g/mol. The molecule has 3 nitrogen and oxygen atoms in total. The number of hydrogen-bond donors (Lipinski definition) is 1. The van der Waals surface area contributed by atoms with Crippen molar-refractivity contribution in [2.75, 3.05) is 5.73 Å². The standard InChI is InChI=1S/C16H14BrN3/c17-15-6-12(7-16(18)8-15)10-20-11-14(9-19-20)13-4-2-1-3-5-13/h1-9,11H,10,18H2. The molecular formula is C16H14BrN3. The van der Waals surface area contributed by atoms with Gasteiger partial charge < -0.3 is 5.73 Å². The molecule has 3 aromatic rings. The van der Waals surface area contributed by atoms with Crippen LogP contribution < -0.4 is 5.73 Å². The molecule has 0 amide bonds. The topological polar surface area (TPSA) is 43.8 Å². The van der Waals surface area contributed by atoms with Crippen LogP contribution in [0.2, 0.25) is 0 Å². The second kappa shape index (κ2) is 5.51. The van der Waals surface area contributed by atoms with Gasteiger partial charge in [0.1, 0.15) is 0 Å². The zero-order valence-electron chi connectivity index (χ0n) is 10.8. The normalized spacial score (nSPS) is 10.7. The van der Waals surface area contributed by atoms with Crippen molar-refractivity contribution >= 4 is 21.6 Å². The van der Waals surface area contributed by atoms with Gasteiger partial charge >= 0.3 is 0 Å². The van der Waals surface area contributed by atoms with Crippen molar-refractivity contribution in [3.05, 3.63) is 71.0 Å². The van der Waals surface area contributed by atoms with Crippen molar-refractivity contribution in [1.29, 1.82) is 0 Å². The number of nitrogens with two attached hydrogens (primary N) is 1. The molecule has 1 heterocycles. The summed E-state index contributed by atoms with van der Waals surface area (Å²) in [6, 6.07) is 16.1. The van der Waals surface area contributed by atoms with Gasteiger partial charge in [0.05, 0.1) is 12.7 Å². The maximum Gasteiger partial charge on any atom is 0.0660 e.